The van der Waals surface area contributed by atoms with Crippen LogP contribution in [0.25, 0.3) is 0 Å². The summed E-state index contributed by atoms with van der Waals surface area (Å²) in [5, 5.41) is 1.30. The number of halogens is 4. The van der Waals surface area contributed by atoms with Crippen molar-refractivity contribution in [3.05, 3.63) is 28.8 Å². The zero-order chi connectivity index (χ0) is 16.5. The van der Waals surface area contributed by atoms with E-state index in [1.165, 1.54) is 0 Å². The first-order valence-electron chi connectivity index (χ1n) is 5.88. The number of amides is 2. The van der Waals surface area contributed by atoms with Gasteiger partial charge in [-0.3, -0.25) is 9.59 Å². The van der Waals surface area contributed by atoms with Crippen LogP contribution < -0.4 is 11.1 Å². The molecule has 1 atom stereocenters. The van der Waals surface area contributed by atoms with E-state index < -0.39 is 28.8 Å². The average Bonchev–Trinajstić information content (AvgIpc) is 2.38. The molecule has 1 aromatic carbocycles. The van der Waals surface area contributed by atoms with Gasteiger partial charge in [0.2, 0.25) is 11.8 Å². The van der Waals surface area contributed by atoms with Crippen molar-refractivity contribution in [2.24, 2.45) is 10.7 Å². The third kappa shape index (κ3) is 3.92. The van der Waals surface area contributed by atoms with Gasteiger partial charge in [0.05, 0.1) is 22.7 Å². The van der Waals surface area contributed by atoms with Crippen LogP contribution in [0.15, 0.2) is 23.2 Å². The molecule has 0 aliphatic carbocycles. The van der Waals surface area contributed by atoms with Gasteiger partial charge in [0.25, 0.3) is 0 Å². The van der Waals surface area contributed by atoms with Crippen LogP contribution in [0.5, 0.6) is 0 Å². The molecule has 3 N–H and O–H groups in total. The maximum atomic E-state index is 12.7. The van der Waals surface area contributed by atoms with E-state index in [9.17, 15) is 22.8 Å². The number of nitrogens with zero attached hydrogens (tertiary/aromatic N) is 1. The van der Waals surface area contributed by atoms with E-state index in [0.717, 1.165) is 30.0 Å². The molecule has 5 nitrogen and oxygen atoms in total. The van der Waals surface area contributed by atoms with Crippen molar-refractivity contribution in [3.8, 4) is 0 Å². The Balaban J connectivity index is 2.18. The van der Waals surface area contributed by atoms with Gasteiger partial charge in [-0.15, -0.1) is 0 Å². The first kappa shape index (κ1) is 16.6. The van der Waals surface area contributed by atoms with Crippen LogP contribution in [-0.4, -0.2) is 22.2 Å². The van der Waals surface area contributed by atoms with Gasteiger partial charge in [0.1, 0.15) is 5.25 Å². The largest absolute Gasteiger partial charge is 0.416 e. The summed E-state index contributed by atoms with van der Waals surface area (Å²) in [4.78, 5) is 26.7. The number of carbonyl (C=O) groups excluding carboxylic acids is 2. The fourth-order valence-corrected chi connectivity index (χ4v) is 2.70. The number of amidine groups is 1. The van der Waals surface area contributed by atoms with Crippen molar-refractivity contribution in [1.82, 2.24) is 0 Å². The Labute approximate surface area is 132 Å². The van der Waals surface area contributed by atoms with Gasteiger partial charge in [0.15, 0.2) is 5.17 Å². The summed E-state index contributed by atoms with van der Waals surface area (Å²) in [6.45, 7) is 0. The Morgan fingerprint density at radius 2 is 2.14 bits per heavy atom. The van der Waals surface area contributed by atoms with Gasteiger partial charge in [-0.2, -0.15) is 18.2 Å². The fourth-order valence-electron chi connectivity index (χ4n) is 1.70. The molecule has 1 aliphatic rings. The number of carbonyl (C=O) groups is 2. The van der Waals surface area contributed by atoms with Gasteiger partial charge in [-0.25, -0.2) is 0 Å². The lowest BCUT2D eigenvalue weighted by Gasteiger charge is -2.18. The van der Waals surface area contributed by atoms with Crippen LogP contribution in [0.1, 0.15) is 12.0 Å². The summed E-state index contributed by atoms with van der Waals surface area (Å²) < 4.78 is 38.0. The van der Waals surface area contributed by atoms with E-state index in [1.807, 2.05) is 0 Å². The smallest absolute Gasteiger partial charge is 0.378 e. The molecular formula is C12H9ClF3N3O2S. The van der Waals surface area contributed by atoms with E-state index in [4.69, 9.17) is 17.3 Å². The number of nitrogens with one attached hydrogen (secondary N) is 1. The number of nitrogens with two attached hydrogens (primary N) is 1. The van der Waals surface area contributed by atoms with Gasteiger partial charge >= 0.3 is 6.18 Å². The highest BCUT2D eigenvalue weighted by Gasteiger charge is 2.32. The predicted molar refractivity (Wildman–Crippen MR) is 77.7 cm³/mol. The van der Waals surface area contributed by atoms with Crippen molar-refractivity contribution in [2.75, 3.05) is 5.32 Å². The van der Waals surface area contributed by atoms with Crippen LogP contribution >= 0.6 is 23.4 Å². The molecule has 10 heteroatoms. The van der Waals surface area contributed by atoms with E-state index >= 15 is 0 Å². The van der Waals surface area contributed by atoms with Crippen LogP contribution in [-0.2, 0) is 15.8 Å². The molecule has 2 amide bonds. The van der Waals surface area contributed by atoms with Crippen LogP contribution in [0.3, 0.4) is 0 Å². The first-order valence-corrected chi connectivity index (χ1v) is 7.14. The number of benzene rings is 1. The van der Waals surface area contributed by atoms with Crippen molar-refractivity contribution in [2.45, 2.75) is 17.8 Å². The second kappa shape index (κ2) is 6.17. The van der Waals surface area contributed by atoms with Crippen LogP contribution in [0.4, 0.5) is 18.9 Å². The van der Waals surface area contributed by atoms with E-state index in [0.29, 0.717) is 0 Å². The highest BCUT2D eigenvalue weighted by molar-refractivity contribution is 8.15. The Morgan fingerprint density at radius 3 is 2.73 bits per heavy atom. The standard InChI is InChI=1S/C12H9ClF3N3O2S/c13-6-2-1-5(12(14,15)16)3-7(6)18-10(21)8-4-9(20)19-11(17)22-8/h1-3,8H,4H2,(H,18,21)(H2,17,19,20)/t8-/m1/s1. The van der Waals surface area contributed by atoms with Crippen molar-refractivity contribution >= 4 is 46.0 Å². The molecule has 0 spiro atoms. The molecule has 0 saturated heterocycles. The number of thioether (sulfide) groups is 1. The molecule has 1 aromatic rings. The summed E-state index contributed by atoms with van der Waals surface area (Å²) in [5.74, 6) is -1.23. The molecule has 2 rings (SSSR count). The number of aliphatic imine (C=N–C) groups is 1. The predicted octanol–water partition coefficient (Wildman–Crippen LogP) is 2.64. The molecule has 0 fully saturated rings. The number of hydrogen-bond donors (Lipinski definition) is 2. The molecule has 1 heterocycles. The molecule has 0 bridgehead atoms. The monoisotopic (exact) mass is 351 g/mol. The first-order chi connectivity index (χ1) is 10.2. The van der Waals surface area contributed by atoms with Gasteiger partial charge in [0, 0.05) is 0 Å². The summed E-state index contributed by atoms with van der Waals surface area (Å²) in [5.41, 5.74) is 4.27. The minimum absolute atomic E-state index is 0.0462. The van der Waals surface area contributed by atoms with Gasteiger partial charge in [-0.1, -0.05) is 23.4 Å². The molecule has 0 aromatic heterocycles. The molecule has 0 saturated carbocycles. The van der Waals surface area contributed by atoms with Gasteiger partial charge in [-0.05, 0) is 18.2 Å². The normalized spacial score (nSPS) is 18.8. The minimum Gasteiger partial charge on any atom is -0.378 e. The lowest BCUT2D eigenvalue weighted by atomic mass is 10.2. The number of rotatable bonds is 2. The quantitative estimate of drug-likeness (QED) is 0.857. The highest BCUT2D eigenvalue weighted by atomic mass is 35.5. The highest BCUT2D eigenvalue weighted by Crippen LogP contribution is 2.34. The Morgan fingerprint density at radius 1 is 1.45 bits per heavy atom. The fraction of sp³-hybridized carbons (Fsp3) is 0.250. The molecule has 118 valence electrons. The number of hydrogen-bond acceptors (Lipinski definition) is 4. The summed E-state index contributed by atoms with van der Waals surface area (Å²) in [6.07, 6.45) is -4.75. The van der Waals surface area contributed by atoms with E-state index in [2.05, 4.69) is 10.3 Å². The molecule has 0 unspecified atom stereocenters. The number of alkyl halides is 3. The van der Waals surface area contributed by atoms with Crippen molar-refractivity contribution < 1.29 is 22.8 Å². The van der Waals surface area contributed by atoms with E-state index in [-0.39, 0.29) is 22.3 Å². The Kier molecular flexibility index (Phi) is 4.66. The SMILES string of the molecule is NC1=NC(=O)C[C@H](C(=O)Nc2cc(C(F)(F)F)ccc2Cl)S1. The lowest BCUT2D eigenvalue weighted by Crippen LogP contribution is -2.33. The topological polar surface area (TPSA) is 84.5 Å². The zero-order valence-corrected chi connectivity index (χ0v) is 12.4. The molecule has 1 aliphatic heterocycles. The lowest BCUT2D eigenvalue weighted by molar-refractivity contribution is -0.137. The second-order valence-corrected chi connectivity index (χ2v) is 5.97. The zero-order valence-electron chi connectivity index (χ0n) is 10.8. The molecule has 22 heavy (non-hydrogen) atoms. The third-order valence-electron chi connectivity index (χ3n) is 2.70. The summed E-state index contributed by atoms with van der Waals surface area (Å²) in [7, 11) is 0. The van der Waals surface area contributed by atoms with Gasteiger partial charge < -0.3 is 11.1 Å². The van der Waals surface area contributed by atoms with Crippen LogP contribution in [0, 0.1) is 0 Å². The maximum Gasteiger partial charge on any atom is 0.416 e. The average molecular weight is 352 g/mol. The summed E-state index contributed by atoms with van der Waals surface area (Å²) in [6, 6.07) is 2.57. The third-order valence-corrected chi connectivity index (χ3v) is 4.03. The second-order valence-electron chi connectivity index (χ2n) is 4.34. The number of anilines is 1. The van der Waals surface area contributed by atoms with Crippen molar-refractivity contribution in [1.29, 1.82) is 0 Å². The Bertz CT molecular complexity index is 664. The summed E-state index contributed by atoms with van der Waals surface area (Å²) >= 11 is 6.65. The maximum absolute atomic E-state index is 12.7. The Hall–Kier alpha value is -1.74. The minimum atomic E-state index is -4.56. The van der Waals surface area contributed by atoms with Crippen molar-refractivity contribution in [3.63, 3.8) is 0 Å². The molecular weight excluding hydrogens is 343 g/mol. The molecule has 0 radical (unpaired) electrons. The van der Waals surface area contributed by atoms with Crippen LogP contribution in [0.2, 0.25) is 5.02 Å². The van der Waals surface area contributed by atoms with E-state index in [1.54, 1.807) is 0 Å².